The molecule has 0 radical (unpaired) electrons. The van der Waals surface area contributed by atoms with Crippen molar-refractivity contribution in [3.8, 4) is 0 Å². The van der Waals surface area contributed by atoms with E-state index in [2.05, 4.69) is 31.1 Å². The molecule has 17 heavy (non-hydrogen) atoms. The normalized spacial score (nSPS) is 11.1. The first kappa shape index (κ1) is 13.5. The lowest BCUT2D eigenvalue weighted by molar-refractivity contribution is 0.202. The van der Waals surface area contributed by atoms with Gasteiger partial charge in [-0.1, -0.05) is 20.8 Å². The molecule has 1 heterocycles. The Morgan fingerprint density at radius 2 is 1.94 bits per heavy atom. The molecular formula is C13H21N3O. The molecule has 0 saturated heterocycles. The molecule has 1 N–H and O–H groups in total. The lowest BCUT2D eigenvalue weighted by Crippen LogP contribution is -2.40. The Morgan fingerprint density at radius 1 is 1.35 bits per heavy atom. The third-order valence-corrected chi connectivity index (χ3v) is 2.29. The van der Waals surface area contributed by atoms with Crippen LogP contribution in [0.3, 0.4) is 0 Å². The van der Waals surface area contributed by atoms with Gasteiger partial charge in [-0.3, -0.25) is 4.98 Å². The molecule has 0 spiro atoms. The predicted octanol–water partition coefficient (Wildman–Crippen LogP) is 2.27. The average Bonchev–Trinajstić information content (AvgIpc) is 2.26. The fourth-order valence-electron chi connectivity index (χ4n) is 1.31. The minimum atomic E-state index is -0.0447. The van der Waals surface area contributed by atoms with Gasteiger partial charge in [-0.05, 0) is 23.1 Å². The van der Waals surface area contributed by atoms with Gasteiger partial charge in [0.25, 0.3) is 0 Å². The Labute approximate surface area is 103 Å². The quantitative estimate of drug-likeness (QED) is 0.873. The zero-order valence-electron chi connectivity index (χ0n) is 11.0. The minimum absolute atomic E-state index is 0.0447. The second-order valence-electron chi connectivity index (χ2n) is 5.43. The smallest absolute Gasteiger partial charge is 0.317 e. The SMILES string of the molecule is CN(Cc1ccncc1)C(=O)NCC(C)(C)C. The van der Waals surface area contributed by atoms with Crippen molar-refractivity contribution < 1.29 is 4.79 Å². The van der Waals surface area contributed by atoms with Crippen molar-refractivity contribution in [2.45, 2.75) is 27.3 Å². The van der Waals surface area contributed by atoms with Gasteiger partial charge in [0.2, 0.25) is 0 Å². The fraction of sp³-hybridized carbons (Fsp3) is 0.538. The van der Waals surface area contributed by atoms with Crippen LogP contribution in [0.5, 0.6) is 0 Å². The summed E-state index contributed by atoms with van der Waals surface area (Å²) in [7, 11) is 1.79. The zero-order chi connectivity index (χ0) is 12.9. The van der Waals surface area contributed by atoms with Crippen molar-refractivity contribution in [3.63, 3.8) is 0 Å². The van der Waals surface area contributed by atoms with E-state index in [9.17, 15) is 4.79 Å². The minimum Gasteiger partial charge on any atom is -0.337 e. The molecule has 1 rings (SSSR count). The van der Waals surface area contributed by atoms with Gasteiger partial charge in [-0.2, -0.15) is 0 Å². The van der Waals surface area contributed by atoms with Gasteiger partial charge in [0.05, 0.1) is 0 Å². The predicted molar refractivity (Wildman–Crippen MR) is 68.6 cm³/mol. The van der Waals surface area contributed by atoms with E-state index in [1.54, 1.807) is 24.3 Å². The lowest BCUT2D eigenvalue weighted by Gasteiger charge is -2.23. The van der Waals surface area contributed by atoms with Crippen LogP contribution in [0, 0.1) is 5.41 Å². The number of amides is 2. The summed E-state index contributed by atoms with van der Waals surface area (Å²) >= 11 is 0. The van der Waals surface area contributed by atoms with Gasteiger partial charge in [-0.15, -0.1) is 0 Å². The monoisotopic (exact) mass is 235 g/mol. The molecule has 4 nitrogen and oxygen atoms in total. The van der Waals surface area contributed by atoms with E-state index in [1.807, 2.05) is 12.1 Å². The molecule has 0 aromatic carbocycles. The molecule has 0 saturated carbocycles. The van der Waals surface area contributed by atoms with Crippen LogP contribution in [-0.4, -0.2) is 29.5 Å². The van der Waals surface area contributed by atoms with E-state index in [1.165, 1.54) is 0 Å². The third-order valence-electron chi connectivity index (χ3n) is 2.29. The number of urea groups is 1. The molecule has 0 aliphatic carbocycles. The van der Waals surface area contributed by atoms with Gasteiger partial charge < -0.3 is 10.2 Å². The number of pyridine rings is 1. The molecule has 2 amide bonds. The summed E-state index contributed by atoms with van der Waals surface area (Å²) in [5.74, 6) is 0. The maximum Gasteiger partial charge on any atom is 0.317 e. The molecule has 0 atom stereocenters. The summed E-state index contributed by atoms with van der Waals surface area (Å²) in [5.41, 5.74) is 1.18. The Balaban J connectivity index is 2.43. The first-order valence-corrected chi connectivity index (χ1v) is 5.76. The summed E-state index contributed by atoms with van der Waals surface area (Å²) < 4.78 is 0. The van der Waals surface area contributed by atoms with Crippen molar-refractivity contribution in [1.29, 1.82) is 0 Å². The standard InChI is InChI=1S/C13H21N3O/c1-13(2,3)10-15-12(17)16(4)9-11-5-7-14-8-6-11/h5-8H,9-10H2,1-4H3,(H,15,17). The van der Waals surface area contributed by atoms with Crippen LogP contribution in [0.1, 0.15) is 26.3 Å². The fourth-order valence-corrected chi connectivity index (χ4v) is 1.31. The van der Waals surface area contributed by atoms with Crippen LogP contribution in [0.2, 0.25) is 0 Å². The number of aromatic nitrogens is 1. The average molecular weight is 235 g/mol. The summed E-state index contributed by atoms with van der Waals surface area (Å²) in [6.07, 6.45) is 3.46. The molecular weight excluding hydrogens is 214 g/mol. The Hall–Kier alpha value is -1.58. The molecule has 0 fully saturated rings. The van der Waals surface area contributed by atoms with Crippen LogP contribution >= 0.6 is 0 Å². The van der Waals surface area contributed by atoms with Crippen molar-refractivity contribution >= 4 is 6.03 Å². The first-order valence-electron chi connectivity index (χ1n) is 5.76. The van der Waals surface area contributed by atoms with Crippen LogP contribution < -0.4 is 5.32 Å². The first-order chi connectivity index (χ1) is 7.88. The lowest BCUT2D eigenvalue weighted by atomic mass is 9.97. The van der Waals surface area contributed by atoms with E-state index in [-0.39, 0.29) is 11.4 Å². The van der Waals surface area contributed by atoms with Gasteiger partial charge >= 0.3 is 6.03 Å². The maximum absolute atomic E-state index is 11.8. The Bertz CT molecular complexity index is 357. The number of hydrogen-bond donors (Lipinski definition) is 1. The van der Waals surface area contributed by atoms with Crippen LogP contribution in [0.4, 0.5) is 4.79 Å². The highest BCUT2D eigenvalue weighted by molar-refractivity contribution is 5.73. The zero-order valence-corrected chi connectivity index (χ0v) is 11.0. The summed E-state index contributed by atoms with van der Waals surface area (Å²) in [5, 5.41) is 2.91. The molecule has 4 heteroatoms. The number of hydrogen-bond acceptors (Lipinski definition) is 2. The largest absolute Gasteiger partial charge is 0.337 e. The number of carbonyl (C=O) groups excluding carboxylic acids is 1. The van der Waals surface area contributed by atoms with Crippen molar-refractivity contribution in [2.75, 3.05) is 13.6 Å². The third kappa shape index (κ3) is 5.33. The molecule has 94 valence electrons. The second-order valence-corrected chi connectivity index (χ2v) is 5.43. The molecule has 0 unspecified atom stereocenters. The highest BCUT2D eigenvalue weighted by Gasteiger charge is 2.14. The number of rotatable bonds is 3. The van der Waals surface area contributed by atoms with Crippen LogP contribution in [0.25, 0.3) is 0 Å². The molecule has 1 aromatic rings. The van der Waals surface area contributed by atoms with Crippen molar-refractivity contribution in [2.24, 2.45) is 5.41 Å². The highest BCUT2D eigenvalue weighted by Crippen LogP contribution is 2.10. The molecule has 0 aliphatic heterocycles. The number of carbonyl (C=O) groups is 1. The van der Waals surface area contributed by atoms with E-state index in [0.717, 1.165) is 5.56 Å². The summed E-state index contributed by atoms with van der Waals surface area (Å²) in [6, 6.07) is 3.78. The Morgan fingerprint density at radius 3 is 2.47 bits per heavy atom. The topological polar surface area (TPSA) is 45.2 Å². The molecule has 0 aliphatic rings. The van der Waals surface area contributed by atoms with E-state index < -0.39 is 0 Å². The van der Waals surface area contributed by atoms with Gasteiger partial charge in [-0.25, -0.2) is 4.79 Å². The number of nitrogens with zero attached hydrogens (tertiary/aromatic N) is 2. The van der Waals surface area contributed by atoms with Crippen LogP contribution in [0.15, 0.2) is 24.5 Å². The van der Waals surface area contributed by atoms with Crippen molar-refractivity contribution in [3.05, 3.63) is 30.1 Å². The van der Waals surface area contributed by atoms with Crippen LogP contribution in [-0.2, 0) is 6.54 Å². The van der Waals surface area contributed by atoms with E-state index in [4.69, 9.17) is 0 Å². The molecule has 1 aromatic heterocycles. The van der Waals surface area contributed by atoms with E-state index in [0.29, 0.717) is 13.1 Å². The Kier molecular flexibility index (Phi) is 4.49. The number of nitrogens with one attached hydrogen (secondary N) is 1. The van der Waals surface area contributed by atoms with Gasteiger partial charge in [0, 0.05) is 32.5 Å². The highest BCUT2D eigenvalue weighted by atomic mass is 16.2. The summed E-state index contributed by atoms with van der Waals surface area (Å²) in [6.45, 7) is 7.55. The van der Waals surface area contributed by atoms with Crippen molar-refractivity contribution in [1.82, 2.24) is 15.2 Å². The summed E-state index contributed by atoms with van der Waals surface area (Å²) in [4.78, 5) is 17.4. The molecule has 0 bridgehead atoms. The second kappa shape index (κ2) is 5.66. The van der Waals surface area contributed by atoms with Gasteiger partial charge in [0.15, 0.2) is 0 Å². The van der Waals surface area contributed by atoms with Gasteiger partial charge in [0.1, 0.15) is 0 Å². The van der Waals surface area contributed by atoms with E-state index >= 15 is 0 Å². The maximum atomic E-state index is 11.8.